The summed E-state index contributed by atoms with van der Waals surface area (Å²) in [6, 6.07) is 22.4. The van der Waals surface area contributed by atoms with Gasteiger partial charge in [0.05, 0.1) is 0 Å². The molecule has 0 heterocycles. The summed E-state index contributed by atoms with van der Waals surface area (Å²) in [5.74, 6) is 0.482. The van der Waals surface area contributed by atoms with E-state index in [1.54, 1.807) is 0 Å². The summed E-state index contributed by atoms with van der Waals surface area (Å²) in [6.45, 7) is 8.79. The van der Waals surface area contributed by atoms with Crippen LogP contribution in [0.1, 0.15) is 40.5 Å². The van der Waals surface area contributed by atoms with Gasteiger partial charge < -0.3 is 4.90 Å². The van der Waals surface area contributed by atoms with E-state index in [9.17, 15) is 4.57 Å². The van der Waals surface area contributed by atoms with Crippen molar-refractivity contribution in [2.45, 2.75) is 63.1 Å². The van der Waals surface area contributed by atoms with Crippen molar-refractivity contribution in [3.8, 4) is 0 Å². The number of nitrogens with zero attached hydrogens (tertiary/aromatic N) is 1. The van der Waals surface area contributed by atoms with E-state index in [1.807, 2.05) is 0 Å². The average molecular weight is 429 g/mol. The zero-order chi connectivity index (χ0) is 21.2. The second-order valence-corrected chi connectivity index (χ2v) is 14.6. The highest BCUT2D eigenvalue weighted by Gasteiger charge is 2.57. The predicted octanol–water partition coefficient (Wildman–Crippen LogP) is 5.84. The molecule has 1 aliphatic rings. The Morgan fingerprint density at radius 3 is 1.83 bits per heavy atom. The molecule has 0 N–H and O–H groups in total. The SMILES string of the molecule is C[C@H](C1CCC(P(c2ccccc2)c2ccccc2)C1[P+](=O)C(C)(C)C)N(C)C. The fourth-order valence-electron chi connectivity index (χ4n) is 4.67. The summed E-state index contributed by atoms with van der Waals surface area (Å²) in [4.78, 5) is 2.32. The lowest BCUT2D eigenvalue weighted by Crippen LogP contribution is -2.40. The van der Waals surface area contributed by atoms with Crippen molar-refractivity contribution < 1.29 is 4.57 Å². The Morgan fingerprint density at radius 1 is 0.931 bits per heavy atom. The number of hydrogen-bond donors (Lipinski definition) is 0. The van der Waals surface area contributed by atoms with Gasteiger partial charge in [-0.3, -0.25) is 0 Å². The lowest BCUT2D eigenvalue weighted by Gasteiger charge is -2.32. The van der Waals surface area contributed by atoms with E-state index >= 15 is 0 Å². The molecule has 29 heavy (non-hydrogen) atoms. The highest BCUT2D eigenvalue weighted by atomic mass is 31.1. The molecule has 0 radical (unpaired) electrons. The van der Waals surface area contributed by atoms with Crippen LogP contribution in [0, 0.1) is 5.92 Å². The van der Waals surface area contributed by atoms with Gasteiger partial charge in [0.15, 0.2) is 10.8 Å². The second-order valence-electron chi connectivity index (χ2n) is 9.54. The van der Waals surface area contributed by atoms with Crippen molar-refractivity contribution in [3.63, 3.8) is 0 Å². The van der Waals surface area contributed by atoms with E-state index in [0.717, 1.165) is 0 Å². The second kappa shape index (κ2) is 9.38. The zero-order valence-electron chi connectivity index (χ0n) is 18.7. The van der Waals surface area contributed by atoms with Crippen molar-refractivity contribution in [2.75, 3.05) is 14.1 Å². The Morgan fingerprint density at radius 2 is 1.41 bits per heavy atom. The molecule has 4 unspecified atom stereocenters. The molecule has 2 nitrogen and oxygen atoms in total. The predicted molar refractivity (Wildman–Crippen MR) is 130 cm³/mol. The quantitative estimate of drug-likeness (QED) is 0.539. The summed E-state index contributed by atoms with van der Waals surface area (Å²) in [6.07, 6.45) is 2.34. The van der Waals surface area contributed by atoms with Gasteiger partial charge in [0.25, 0.3) is 0 Å². The van der Waals surface area contributed by atoms with E-state index in [4.69, 9.17) is 0 Å². The van der Waals surface area contributed by atoms with Gasteiger partial charge in [0.2, 0.25) is 0 Å². The molecule has 5 atom stereocenters. The van der Waals surface area contributed by atoms with E-state index in [0.29, 0.717) is 17.6 Å². The van der Waals surface area contributed by atoms with Gasteiger partial charge in [-0.2, -0.15) is 0 Å². The highest BCUT2D eigenvalue weighted by molar-refractivity contribution is 7.74. The molecule has 1 saturated carbocycles. The Hall–Kier alpha value is -1.07. The molecule has 0 saturated heterocycles. The molecule has 0 bridgehead atoms. The third-order valence-corrected chi connectivity index (χ3v) is 12.2. The lowest BCUT2D eigenvalue weighted by atomic mass is 9.98. The molecule has 2 aromatic rings. The third kappa shape index (κ3) is 4.99. The maximum atomic E-state index is 13.9. The molecule has 0 spiro atoms. The molecule has 156 valence electrons. The Bertz CT molecular complexity index is 761. The summed E-state index contributed by atoms with van der Waals surface area (Å²) in [5.41, 5.74) is 0.721. The first kappa shape index (κ1) is 22.6. The summed E-state index contributed by atoms with van der Waals surface area (Å²) in [7, 11) is 2.45. The fourth-order valence-corrected chi connectivity index (χ4v) is 10.5. The van der Waals surface area contributed by atoms with E-state index < -0.39 is 15.7 Å². The smallest absolute Gasteiger partial charge is 0.306 e. The van der Waals surface area contributed by atoms with Crippen molar-refractivity contribution in [1.82, 2.24) is 4.90 Å². The standard InChI is InChI=1S/C25H36NOP2/c1-19(26(5)6)22-17-18-23(24(22)29(27)25(2,3)4)28(20-13-9-7-10-14-20)21-15-11-8-12-16-21/h7-16,19,22-24H,17-18H2,1-6H3/q+1/t19-,22?,23?,24?/m1/s1. The first-order valence-electron chi connectivity index (χ1n) is 10.7. The van der Waals surface area contributed by atoms with Gasteiger partial charge in [-0.05, 0) is 73.2 Å². The molecule has 4 heteroatoms. The Labute approximate surface area is 179 Å². The maximum absolute atomic E-state index is 13.9. The van der Waals surface area contributed by atoms with Crippen LogP contribution < -0.4 is 10.6 Å². The molecule has 1 aliphatic carbocycles. The number of rotatable bonds is 6. The molecule has 1 fully saturated rings. The molecular formula is C25H36NOP2+. The summed E-state index contributed by atoms with van der Waals surface area (Å²) in [5, 5.41) is 2.67. The van der Waals surface area contributed by atoms with Crippen LogP contribution in [0.3, 0.4) is 0 Å². The van der Waals surface area contributed by atoms with Crippen LogP contribution in [0.25, 0.3) is 0 Å². The van der Waals surface area contributed by atoms with E-state index in [2.05, 4.69) is 107 Å². The van der Waals surface area contributed by atoms with Crippen LogP contribution in [-0.2, 0) is 4.57 Å². The average Bonchev–Trinajstić information content (AvgIpc) is 3.12. The van der Waals surface area contributed by atoms with Crippen LogP contribution in [0.5, 0.6) is 0 Å². The van der Waals surface area contributed by atoms with Crippen LogP contribution >= 0.6 is 15.7 Å². The molecule has 0 aromatic heterocycles. The monoisotopic (exact) mass is 428 g/mol. The highest BCUT2D eigenvalue weighted by Crippen LogP contribution is 2.60. The number of benzene rings is 2. The third-order valence-electron chi connectivity index (χ3n) is 6.40. The minimum atomic E-state index is -1.33. The minimum absolute atomic E-state index is 0.165. The molecular weight excluding hydrogens is 392 g/mol. The Balaban J connectivity index is 2.09. The lowest BCUT2D eigenvalue weighted by molar-refractivity contribution is 0.230. The van der Waals surface area contributed by atoms with Crippen LogP contribution in [0.15, 0.2) is 60.7 Å². The van der Waals surface area contributed by atoms with Gasteiger partial charge in [0, 0.05) is 17.6 Å². The summed E-state index contributed by atoms with van der Waals surface area (Å²) < 4.78 is 13.9. The van der Waals surface area contributed by atoms with Crippen LogP contribution in [0.4, 0.5) is 0 Å². The van der Waals surface area contributed by atoms with Gasteiger partial charge >= 0.3 is 7.80 Å². The van der Waals surface area contributed by atoms with Gasteiger partial charge in [-0.25, -0.2) is 0 Å². The van der Waals surface area contributed by atoms with E-state index in [-0.39, 0.29) is 10.8 Å². The molecule has 2 aromatic carbocycles. The molecule has 0 aliphatic heterocycles. The minimum Gasteiger partial charge on any atom is -0.306 e. The normalized spacial score (nSPS) is 24.1. The zero-order valence-corrected chi connectivity index (χ0v) is 20.5. The topological polar surface area (TPSA) is 20.3 Å². The van der Waals surface area contributed by atoms with Crippen LogP contribution in [-0.4, -0.2) is 41.5 Å². The molecule has 3 rings (SSSR count). The van der Waals surface area contributed by atoms with Gasteiger partial charge in [-0.1, -0.05) is 65.2 Å². The van der Waals surface area contributed by atoms with Gasteiger partial charge in [-0.15, -0.1) is 0 Å². The molecule has 0 amide bonds. The summed E-state index contributed by atoms with van der Waals surface area (Å²) >= 11 is 0. The first-order chi connectivity index (χ1) is 13.7. The number of hydrogen-bond acceptors (Lipinski definition) is 2. The van der Waals surface area contributed by atoms with Gasteiger partial charge in [0.1, 0.15) is 0 Å². The van der Waals surface area contributed by atoms with E-state index in [1.165, 1.54) is 23.5 Å². The van der Waals surface area contributed by atoms with Crippen molar-refractivity contribution in [2.24, 2.45) is 5.92 Å². The maximum Gasteiger partial charge on any atom is 0.348 e. The Kier molecular flexibility index (Phi) is 7.32. The largest absolute Gasteiger partial charge is 0.348 e. The van der Waals surface area contributed by atoms with Crippen molar-refractivity contribution in [1.29, 1.82) is 0 Å². The van der Waals surface area contributed by atoms with Crippen molar-refractivity contribution >= 4 is 26.3 Å². The van der Waals surface area contributed by atoms with Crippen molar-refractivity contribution in [3.05, 3.63) is 60.7 Å². The van der Waals surface area contributed by atoms with Crippen LogP contribution in [0.2, 0.25) is 0 Å². The fraction of sp³-hybridized carbons (Fsp3) is 0.520. The first-order valence-corrected chi connectivity index (χ1v) is 13.5.